The highest BCUT2D eigenvalue weighted by Gasteiger charge is 2.17. The number of nitrogens with two attached hydrogens (primary N) is 1. The number of benzene rings is 1. The Hall–Kier alpha value is -1.20. The average Bonchev–Trinajstić information content (AvgIpc) is 2.76. The highest BCUT2D eigenvalue weighted by atomic mass is 79.9. The number of nitrogens with zero attached hydrogens (tertiary/aromatic N) is 2. The van der Waals surface area contributed by atoms with Crippen LogP contribution in [-0.4, -0.2) is 10.1 Å². The van der Waals surface area contributed by atoms with Crippen molar-refractivity contribution in [2.45, 2.75) is 26.3 Å². The first-order valence-corrected chi connectivity index (χ1v) is 6.68. The fourth-order valence-electron chi connectivity index (χ4n) is 1.59. The van der Waals surface area contributed by atoms with Gasteiger partial charge in [-0.1, -0.05) is 47.1 Å². The van der Waals surface area contributed by atoms with Crippen molar-refractivity contribution in [1.82, 2.24) is 10.1 Å². The maximum absolute atomic E-state index is 5.96. The quantitative estimate of drug-likeness (QED) is 0.942. The normalized spacial score (nSPS) is 12.9. The maximum Gasteiger partial charge on any atom is 0.243 e. The summed E-state index contributed by atoms with van der Waals surface area (Å²) in [5.74, 6) is 1.46. The predicted molar refractivity (Wildman–Crippen MR) is 73.0 cm³/mol. The second-order valence-electron chi connectivity index (χ2n) is 4.63. The molecule has 0 aliphatic carbocycles. The van der Waals surface area contributed by atoms with Gasteiger partial charge in [-0.15, -0.1) is 0 Å². The first-order valence-electron chi connectivity index (χ1n) is 5.89. The Morgan fingerprint density at radius 2 is 2.17 bits per heavy atom. The van der Waals surface area contributed by atoms with Crippen molar-refractivity contribution in [3.63, 3.8) is 0 Å². The van der Waals surface area contributed by atoms with Crippen LogP contribution < -0.4 is 5.73 Å². The lowest BCUT2D eigenvalue weighted by molar-refractivity contribution is 0.322. The van der Waals surface area contributed by atoms with Crippen molar-refractivity contribution in [3.8, 4) is 0 Å². The molecule has 0 saturated heterocycles. The lowest BCUT2D eigenvalue weighted by Crippen LogP contribution is -2.17. The fourth-order valence-corrected chi connectivity index (χ4v) is 2.04. The van der Waals surface area contributed by atoms with Crippen LogP contribution in [0.1, 0.15) is 37.2 Å². The number of rotatable bonds is 4. The Kier molecular flexibility index (Phi) is 4.14. The maximum atomic E-state index is 5.96. The first-order chi connectivity index (χ1) is 8.56. The van der Waals surface area contributed by atoms with E-state index in [1.54, 1.807) is 0 Å². The van der Waals surface area contributed by atoms with Gasteiger partial charge in [0.15, 0.2) is 5.82 Å². The summed E-state index contributed by atoms with van der Waals surface area (Å²) in [5, 5.41) is 3.96. The van der Waals surface area contributed by atoms with Crippen LogP contribution in [0.5, 0.6) is 0 Å². The molecule has 0 aliphatic heterocycles. The molecule has 2 N–H and O–H groups in total. The summed E-state index contributed by atoms with van der Waals surface area (Å²) in [5.41, 5.74) is 7.10. The zero-order chi connectivity index (χ0) is 13.1. The summed E-state index contributed by atoms with van der Waals surface area (Å²) in [6.07, 6.45) is 0.647. The van der Waals surface area contributed by atoms with Crippen molar-refractivity contribution < 1.29 is 4.52 Å². The molecule has 1 atom stereocenters. The van der Waals surface area contributed by atoms with Crippen LogP contribution in [0.25, 0.3) is 0 Å². The van der Waals surface area contributed by atoms with Crippen LogP contribution >= 0.6 is 15.9 Å². The summed E-state index contributed by atoms with van der Waals surface area (Å²) in [4.78, 5) is 4.34. The van der Waals surface area contributed by atoms with E-state index in [0.717, 1.165) is 10.0 Å². The number of aromatic nitrogens is 2. The molecule has 0 aliphatic rings. The number of hydrogen-bond donors (Lipinski definition) is 1. The smallest absolute Gasteiger partial charge is 0.243 e. The fraction of sp³-hybridized carbons (Fsp3) is 0.385. The van der Waals surface area contributed by atoms with E-state index < -0.39 is 0 Å². The highest BCUT2D eigenvalue weighted by Crippen LogP contribution is 2.18. The van der Waals surface area contributed by atoms with Crippen molar-refractivity contribution in [3.05, 3.63) is 46.0 Å². The van der Waals surface area contributed by atoms with Crippen LogP contribution in [-0.2, 0) is 6.42 Å². The van der Waals surface area contributed by atoms with Crippen LogP contribution in [0.15, 0.2) is 33.3 Å². The standard InChI is InChI=1S/C13H16BrN3O/c1-8(2)12(15)13-16-11(17-18-13)7-9-4-3-5-10(14)6-9/h3-6,8,12H,7,15H2,1-2H3. The Labute approximate surface area is 115 Å². The average molecular weight is 310 g/mol. The minimum Gasteiger partial charge on any atom is -0.338 e. The van der Waals surface area contributed by atoms with Crippen molar-refractivity contribution in [1.29, 1.82) is 0 Å². The second-order valence-corrected chi connectivity index (χ2v) is 5.54. The largest absolute Gasteiger partial charge is 0.338 e. The molecule has 1 unspecified atom stereocenters. The third-order valence-electron chi connectivity index (χ3n) is 2.74. The predicted octanol–water partition coefficient (Wildman–Crippen LogP) is 3.08. The molecule has 0 fully saturated rings. The molecule has 2 rings (SSSR count). The topological polar surface area (TPSA) is 64.9 Å². The lowest BCUT2D eigenvalue weighted by Gasteiger charge is -2.09. The Morgan fingerprint density at radius 1 is 1.39 bits per heavy atom. The van der Waals surface area contributed by atoms with Gasteiger partial charge < -0.3 is 10.3 Å². The first kappa shape index (κ1) is 13.2. The van der Waals surface area contributed by atoms with Crippen LogP contribution in [0.3, 0.4) is 0 Å². The Bertz CT molecular complexity index is 524. The van der Waals surface area contributed by atoms with Crippen LogP contribution in [0, 0.1) is 5.92 Å². The van der Waals surface area contributed by atoms with Gasteiger partial charge in [0.1, 0.15) is 0 Å². The summed E-state index contributed by atoms with van der Waals surface area (Å²) < 4.78 is 6.24. The highest BCUT2D eigenvalue weighted by molar-refractivity contribution is 9.10. The van der Waals surface area contributed by atoms with Gasteiger partial charge in [-0.05, 0) is 23.6 Å². The molecule has 1 aromatic carbocycles. The van der Waals surface area contributed by atoms with Gasteiger partial charge in [0, 0.05) is 10.9 Å². The van der Waals surface area contributed by atoms with E-state index in [4.69, 9.17) is 10.3 Å². The van der Waals surface area contributed by atoms with Gasteiger partial charge in [-0.3, -0.25) is 0 Å². The van der Waals surface area contributed by atoms with E-state index in [1.165, 1.54) is 0 Å². The Balaban J connectivity index is 2.11. The molecule has 96 valence electrons. The second kappa shape index (κ2) is 5.63. The summed E-state index contributed by atoms with van der Waals surface area (Å²) in [6.45, 7) is 4.06. The van der Waals surface area contributed by atoms with Crippen molar-refractivity contribution >= 4 is 15.9 Å². The van der Waals surface area contributed by atoms with Gasteiger partial charge >= 0.3 is 0 Å². The van der Waals surface area contributed by atoms with E-state index in [-0.39, 0.29) is 12.0 Å². The molecule has 0 radical (unpaired) electrons. The molecule has 0 saturated carbocycles. The molecule has 0 bridgehead atoms. The van der Waals surface area contributed by atoms with Gasteiger partial charge in [0.05, 0.1) is 6.04 Å². The number of halogens is 1. The Morgan fingerprint density at radius 3 is 2.83 bits per heavy atom. The molecule has 1 heterocycles. The van der Waals surface area contributed by atoms with Crippen LogP contribution in [0.4, 0.5) is 0 Å². The van der Waals surface area contributed by atoms with E-state index in [2.05, 4.69) is 26.1 Å². The molecular formula is C13H16BrN3O. The van der Waals surface area contributed by atoms with Crippen molar-refractivity contribution in [2.75, 3.05) is 0 Å². The zero-order valence-corrected chi connectivity index (χ0v) is 12.0. The minimum absolute atomic E-state index is 0.200. The third-order valence-corrected chi connectivity index (χ3v) is 3.23. The monoisotopic (exact) mass is 309 g/mol. The van der Waals surface area contributed by atoms with Crippen molar-refractivity contribution in [2.24, 2.45) is 11.7 Å². The van der Waals surface area contributed by atoms with Crippen LogP contribution in [0.2, 0.25) is 0 Å². The number of hydrogen-bond acceptors (Lipinski definition) is 4. The SMILES string of the molecule is CC(C)C(N)c1nc(Cc2cccc(Br)c2)no1. The van der Waals surface area contributed by atoms with E-state index in [1.807, 2.05) is 38.1 Å². The minimum atomic E-state index is -0.200. The van der Waals surface area contributed by atoms with E-state index >= 15 is 0 Å². The zero-order valence-electron chi connectivity index (χ0n) is 10.4. The lowest BCUT2D eigenvalue weighted by atomic mass is 10.1. The van der Waals surface area contributed by atoms with Gasteiger partial charge in [-0.25, -0.2) is 0 Å². The summed E-state index contributed by atoms with van der Waals surface area (Å²) >= 11 is 3.44. The molecule has 5 heteroatoms. The third kappa shape index (κ3) is 3.17. The molecule has 0 spiro atoms. The van der Waals surface area contributed by atoms with Gasteiger partial charge in [0.25, 0.3) is 0 Å². The molecular weight excluding hydrogens is 294 g/mol. The molecule has 4 nitrogen and oxygen atoms in total. The van der Waals surface area contributed by atoms with E-state index in [0.29, 0.717) is 18.1 Å². The van der Waals surface area contributed by atoms with E-state index in [9.17, 15) is 0 Å². The van der Waals surface area contributed by atoms with Gasteiger partial charge in [0.2, 0.25) is 5.89 Å². The molecule has 18 heavy (non-hydrogen) atoms. The van der Waals surface area contributed by atoms with Gasteiger partial charge in [-0.2, -0.15) is 4.98 Å². The molecule has 2 aromatic rings. The molecule has 1 aromatic heterocycles. The summed E-state index contributed by atoms with van der Waals surface area (Å²) in [6, 6.07) is 7.84. The summed E-state index contributed by atoms with van der Waals surface area (Å²) in [7, 11) is 0. The molecule has 0 amide bonds.